The molecule has 1 aromatic rings. The van der Waals surface area contributed by atoms with Gasteiger partial charge in [0.15, 0.2) is 0 Å². The first kappa shape index (κ1) is 16.8. The number of nitro benzene ring substituents is 1. The summed E-state index contributed by atoms with van der Waals surface area (Å²) in [6.45, 7) is 2.16. The standard InChI is InChI=1S/C16H22N2O3S/c1-3-22-15-8-7-13(11-15)17(2)16(19)10-12-5-4-6-14(9-12)18(20)21/h4-6,9,13,15H,3,7-8,10-11H2,1-2H3/t13-,15-/m0/s1. The van der Waals surface area contributed by atoms with Crippen LogP contribution in [0.15, 0.2) is 24.3 Å². The third-order valence-corrected chi connectivity index (χ3v) is 5.41. The summed E-state index contributed by atoms with van der Waals surface area (Å²) in [5.41, 5.74) is 0.733. The van der Waals surface area contributed by atoms with Gasteiger partial charge in [0.1, 0.15) is 0 Å². The summed E-state index contributed by atoms with van der Waals surface area (Å²) in [6, 6.07) is 6.63. The zero-order chi connectivity index (χ0) is 16.1. The molecule has 0 aromatic heterocycles. The Balaban J connectivity index is 1.94. The van der Waals surface area contributed by atoms with E-state index >= 15 is 0 Å². The second-order valence-corrected chi connectivity index (χ2v) is 7.23. The summed E-state index contributed by atoms with van der Waals surface area (Å²) < 4.78 is 0. The summed E-state index contributed by atoms with van der Waals surface area (Å²) in [5.74, 6) is 1.15. The minimum atomic E-state index is -0.429. The van der Waals surface area contributed by atoms with E-state index in [2.05, 4.69) is 6.92 Å². The van der Waals surface area contributed by atoms with Crippen molar-refractivity contribution in [1.29, 1.82) is 0 Å². The molecule has 1 aromatic carbocycles. The molecule has 0 saturated heterocycles. The summed E-state index contributed by atoms with van der Waals surface area (Å²) in [5, 5.41) is 11.4. The molecule has 120 valence electrons. The SMILES string of the molecule is CCS[C@H]1CC[C@H](N(C)C(=O)Cc2cccc([N+](=O)[O-])c2)C1. The van der Waals surface area contributed by atoms with E-state index in [4.69, 9.17) is 0 Å². The topological polar surface area (TPSA) is 63.5 Å². The first-order chi connectivity index (χ1) is 10.5. The number of amides is 1. The van der Waals surface area contributed by atoms with Gasteiger partial charge in [0, 0.05) is 30.5 Å². The lowest BCUT2D eigenvalue weighted by Gasteiger charge is -2.24. The Morgan fingerprint density at radius 2 is 2.23 bits per heavy atom. The van der Waals surface area contributed by atoms with E-state index in [1.54, 1.807) is 12.1 Å². The van der Waals surface area contributed by atoms with E-state index in [1.807, 2.05) is 23.7 Å². The van der Waals surface area contributed by atoms with Crippen LogP contribution in [0.5, 0.6) is 0 Å². The number of nitrogens with zero attached hydrogens (tertiary/aromatic N) is 2. The van der Waals surface area contributed by atoms with Gasteiger partial charge in [-0.2, -0.15) is 11.8 Å². The summed E-state index contributed by atoms with van der Waals surface area (Å²) >= 11 is 1.97. The highest BCUT2D eigenvalue weighted by atomic mass is 32.2. The molecule has 1 amide bonds. The molecular weight excluding hydrogens is 300 g/mol. The van der Waals surface area contributed by atoms with Gasteiger partial charge in [-0.05, 0) is 30.6 Å². The van der Waals surface area contributed by atoms with Crippen molar-refractivity contribution in [3.05, 3.63) is 39.9 Å². The molecule has 2 rings (SSSR count). The molecule has 1 aliphatic carbocycles. The Bertz CT molecular complexity index is 550. The van der Waals surface area contributed by atoms with Crippen molar-refractivity contribution in [1.82, 2.24) is 4.90 Å². The van der Waals surface area contributed by atoms with Gasteiger partial charge in [-0.25, -0.2) is 0 Å². The number of carbonyl (C=O) groups excluding carboxylic acids is 1. The van der Waals surface area contributed by atoms with Crippen LogP contribution in [0.1, 0.15) is 31.7 Å². The van der Waals surface area contributed by atoms with Gasteiger partial charge in [0.05, 0.1) is 11.3 Å². The van der Waals surface area contributed by atoms with Gasteiger partial charge in [0.2, 0.25) is 5.91 Å². The molecule has 2 atom stereocenters. The van der Waals surface area contributed by atoms with E-state index < -0.39 is 4.92 Å². The number of benzene rings is 1. The number of non-ortho nitro benzene ring substituents is 1. The van der Waals surface area contributed by atoms with Crippen LogP contribution in [0.4, 0.5) is 5.69 Å². The fourth-order valence-corrected chi connectivity index (χ4v) is 4.07. The van der Waals surface area contributed by atoms with Crippen LogP contribution in [-0.2, 0) is 11.2 Å². The lowest BCUT2D eigenvalue weighted by molar-refractivity contribution is -0.384. The zero-order valence-electron chi connectivity index (χ0n) is 13.0. The van der Waals surface area contributed by atoms with Gasteiger partial charge in [-0.1, -0.05) is 19.1 Å². The second kappa shape index (κ2) is 7.63. The first-order valence-electron chi connectivity index (χ1n) is 7.61. The van der Waals surface area contributed by atoms with Crippen LogP contribution in [-0.4, -0.2) is 39.8 Å². The predicted molar refractivity (Wildman–Crippen MR) is 89.1 cm³/mol. The quantitative estimate of drug-likeness (QED) is 0.595. The number of likely N-dealkylation sites (N-methyl/N-ethyl adjacent to an activating group) is 1. The van der Waals surface area contributed by atoms with Gasteiger partial charge in [0.25, 0.3) is 5.69 Å². The van der Waals surface area contributed by atoms with E-state index in [-0.39, 0.29) is 18.0 Å². The Morgan fingerprint density at radius 1 is 1.45 bits per heavy atom. The molecule has 1 saturated carbocycles. The van der Waals surface area contributed by atoms with E-state index in [0.717, 1.165) is 25.0 Å². The van der Waals surface area contributed by atoms with E-state index in [1.165, 1.54) is 12.1 Å². The Hall–Kier alpha value is -1.56. The average molecular weight is 322 g/mol. The second-order valence-electron chi connectivity index (χ2n) is 5.65. The lowest BCUT2D eigenvalue weighted by Crippen LogP contribution is -2.36. The molecule has 0 aliphatic heterocycles. The summed E-state index contributed by atoms with van der Waals surface area (Å²) in [4.78, 5) is 24.6. The molecule has 0 N–H and O–H groups in total. The molecule has 5 nitrogen and oxygen atoms in total. The van der Waals surface area contributed by atoms with Crippen molar-refractivity contribution in [2.75, 3.05) is 12.8 Å². The molecule has 22 heavy (non-hydrogen) atoms. The number of hydrogen-bond acceptors (Lipinski definition) is 4. The molecule has 0 unspecified atom stereocenters. The van der Waals surface area contributed by atoms with Crippen LogP contribution in [0.3, 0.4) is 0 Å². The fraction of sp³-hybridized carbons (Fsp3) is 0.562. The number of carbonyl (C=O) groups is 1. The predicted octanol–water partition coefficient (Wildman–Crippen LogP) is 3.27. The van der Waals surface area contributed by atoms with Crippen molar-refractivity contribution in [3.8, 4) is 0 Å². The molecule has 0 spiro atoms. The molecular formula is C16H22N2O3S. The van der Waals surface area contributed by atoms with Crippen LogP contribution in [0, 0.1) is 10.1 Å². The minimum absolute atomic E-state index is 0.0349. The molecule has 0 heterocycles. The normalized spacial score (nSPS) is 20.8. The Labute approximate surface area is 135 Å². The van der Waals surface area contributed by atoms with E-state index in [0.29, 0.717) is 16.9 Å². The molecule has 1 aliphatic rings. The zero-order valence-corrected chi connectivity index (χ0v) is 13.8. The van der Waals surface area contributed by atoms with Crippen molar-refractivity contribution < 1.29 is 9.72 Å². The molecule has 6 heteroatoms. The third kappa shape index (κ3) is 4.22. The van der Waals surface area contributed by atoms with Gasteiger partial charge in [-0.15, -0.1) is 0 Å². The van der Waals surface area contributed by atoms with Gasteiger partial charge in [-0.3, -0.25) is 14.9 Å². The highest BCUT2D eigenvalue weighted by Crippen LogP contribution is 2.32. The average Bonchev–Trinajstić information content (AvgIpc) is 2.95. The Morgan fingerprint density at radius 3 is 2.91 bits per heavy atom. The summed E-state index contributed by atoms with van der Waals surface area (Å²) in [6.07, 6.45) is 3.49. The number of hydrogen-bond donors (Lipinski definition) is 0. The maximum absolute atomic E-state index is 12.4. The largest absolute Gasteiger partial charge is 0.342 e. The highest BCUT2D eigenvalue weighted by Gasteiger charge is 2.29. The molecule has 0 radical (unpaired) electrons. The first-order valence-corrected chi connectivity index (χ1v) is 8.66. The number of rotatable bonds is 6. The van der Waals surface area contributed by atoms with Crippen LogP contribution >= 0.6 is 11.8 Å². The smallest absolute Gasteiger partial charge is 0.269 e. The lowest BCUT2D eigenvalue weighted by atomic mass is 10.1. The third-order valence-electron chi connectivity index (χ3n) is 4.18. The van der Waals surface area contributed by atoms with Crippen LogP contribution in [0.2, 0.25) is 0 Å². The Kier molecular flexibility index (Phi) is 5.83. The fourth-order valence-electron chi connectivity index (χ4n) is 2.94. The van der Waals surface area contributed by atoms with E-state index in [9.17, 15) is 14.9 Å². The van der Waals surface area contributed by atoms with Crippen molar-refractivity contribution in [2.24, 2.45) is 0 Å². The molecule has 0 bridgehead atoms. The van der Waals surface area contributed by atoms with Gasteiger partial charge >= 0.3 is 0 Å². The van der Waals surface area contributed by atoms with Crippen LogP contribution < -0.4 is 0 Å². The highest BCUT2D eigenvalue weighted by molar-refractivity contribution is 7.99. The van der Waals surface area contributed by atoms with Crippen molar-refractivity contribution >= 4 is 23.4 Å². The number of thioether (sulfide) groups is 1. The monoisotopic (exact) mass is 322 g/mol. The maximum Gasteiger partial charge on any atom is 0.269 e. The molecule has 1 fully saturated rings. The maximum atomic E-state index is 12.4. The minimum Gasteiger partial charge on any atom is -0.342 e. The van der Waals surface area contributed by atoms with Crippen molar-refractivity contribution in [3.63, 3.8) is 0 Å². The van der Waals surface area contributed by atoms with Crippen molar-refractivity contribution in [2.45, 2.75) is 43.9 Å². The van der Waals surface area contributed by atoms with Crippen LogP contribution in [0.25, 0.3) is 0 Å². The number of nitro groups is 1. The van der Waals surface area contributed by atoms with Gasteiger partial charge < -0.3 is 4.90 Å². The summed E-state index contributed by atoms with van der Waals surface area (Å²) in [7, 11) is 1.85.